The maximum absolute atomic E-state index is 12.7. The van der Waals surface area contributed by atoms with Crippen LogP contribution in [-0.2, 0) is 6.54 Å². The number of alkyl halides is 2. The van der Waals surface area contributed by atoms with Gasteiger partial charge in [0.25, 0.3) is 6.43 Å². The van der Waals surface area contributed by atoms with Gasteiger partial charge in [0, 0.05) is 12.6 Å². The molecule has 1 aromatic heterocycles. The summed E-state index contributed by atoms with van der Waals surface area (Å²) in [5, 5.41) is 8.80. The molecule has 0 aliphatic carbocycles. The number of nitrogens with two attached hydrogens (primary N) is 1. The third kappa shape index (κ3) is 2.25. The van der Waals surface area contributed by atoms with Crippen molar-refractivity contribution in [2.24, 2.45) is 5.73 Å². The van der Waals surface area contributed by atoms with E-state index in [0.29, 0.717) is 0 Å². The van der Waals surface area contributed by atoms with Gasteiger partial charge in [0.1, 0.15) is 0 Å². The number of aromatic carboxylic acids is 1. The van der Waals surface area contributed by atoms with Crippen LogP contribution in [0.25, 0.3) is 0 Å². The van der Waals surface area contributed by atoms with Crippen molar-refractivity contribution in [3.63, 3.8) is 0 Å². The average molecular weight is 232 g/mol. The van der Waals surface area contributed by atoms with Crippen molar-refractivity contribution in [1.82, 2.24) is 4.98 Å². The number of halogens is 2. The molecule has 0 bridgehead atoms. The zero-order chi connectivity index (χ0) is 12.3. The second kappa shape index (κ2) is 4.84. The van der Waals surface area contributed by atoms with Crippen molar-refractivity contribution in [2.45, 2.75) is 13.0 Å². The van der Waals surface area contributed by atoms with Crippen LogP contribution in [0.3, 0.4) is 0 Å². The van der Waals surface area contributed by atoms with Gasteiger partial charge < -0.3 is 15.6 Å². The number of aromatic nitrogens is 1. The minimum atomic E-state index is -2.94. The SMILES string of the molecule is COc1cc(C(=O)O)c(C(F)F)c(CN)n1. The van der Waals surface area contributed by atoms with E-state index in [-0.39, 0.29) is 18.1 Å². The molecule has 0 aliphatic heterocycles. The molecule has 0 spiro atoms. The fraction of sp³-hybridized carbons (Fsp3) is 0.333. The van der Waals surface area contributed by atoms with E-state index < -0.39 is 23.5 Å². The Morgan fingerprint density at radius 3 is 2.69 bits per heavy atom. The van der Waals surface area contributed by atoms with E-state index >= 15 is 0 Å². The Balaban J connectivity index is 3.47. The lowest BCUT2D eigenvalue weighted by molar-refractivity contribution is 0.0683. The van der Waals surface area contributed by atoms with Crippen molar-refractivity contribution < 1.29 is 23.4 Å². The maximum Gasteiger partial charge on any atom is 0.336 e. The molecule has 7 heteroatoms. The molecular formula is C9H10F2N2O3. The number of carboxylic acid groups (broad SMARTS) is 1. The minimum absolute atomic E-state index is 0.0535. The highest BCUT2D eigenvalue weighted by molar-refractivity contribution is 5.90. The lowest BCUT2D eigenvalue weighted by Gasteiger charge is -2.11. The van der Waals surface area contributed by atoms with Crippen LogP contribution in [0.2, 0.25) is 0 Å². The summed E-state index contributed by atoms with van der Waals surface area (Å²) in [5.41, 5.74) is 3.87. The Hall–Kier alpha value is -1.76. The standard InChI is InChI=1S/C9H10F2N2O3/c1-16-6-2-4(9(14)15)7(8(10)11)5(3-12)13-6/h2,8H,3,12H2,1H3,(H,14,15). The molecule has 16 heavy (non-hydrogen) atoms. The fourth-order valence-corrected chi connectivity index (χ4v) is 1.26. The van der Waals surface area contributed by atoms with Crippen LogP contribution >= 0.6 is 0 Å². The van der Waals surface area contributed by atoms with Crippen LogP contribution in [0.1, 0.15) is 28.0 Å². The highest BCUT2D eigenvalue weighted by Crippen LogP contribution is 2.28. The Morgan fingerprint density at radius 1 is 1.69 bits per heavy atom. The molecule has 1 rings (SSSR count). The molecule has 0 radical (unpaired) electrons. The van der Waals surface area contributed by atoms with E-state index in [1.807, 2.05) is 0 Å². The third-order valence-electron chi connectivity index (χ3n) is 1.97. The zero-order valence-electron chi connectivity index (χ0n) is 8.41. The van der Waals surface area contributed by atoms with Crippen LogP contribution < -0.4 is 10.5 Å². The number of nitrogens with zero attached hydrogens (tertiary/aromatic N) is 1. The van der Waals surface area contributed by atoms with Gasteiger partial charge in [-0.3, -0.25) is 0 Å². The first-order valence-corrected chi connectivity index (χ1v) is 4.30. The van der Waals surface area contributed by atoms with Crippen LogP contribution in [0.4, 0.5) is 8.78 Å². The highest BCUT2D eigenvalue weighted by Gasteiger charge is 2.24. The second-order valence-electron chi connectivity index (χ2n) is 2.88. The number of methoxy groups -OCH3 is 1. The Kier molecular flexibility index (Phi) is 3.73. The lowest BCUT2D eigenvalue weighted by atomic mass is 10.1. The first kappa shape index (κ1) is 12.3. The molecule has 1 heterocycles. The van der Waals surface area contributed by atoms with E-state index in [4.69, 9.17) is 15.6 Å². The summed E-state index contributed by atoms with van der Waals surface area (Å²) in [7, 11) is 1.26. The summed E-state index contributed by atoms with van der Waals surface area (Å²) < 4.78 is 30.0. The zero-order valence-corrected chi connectivity index (χ0v) is 8.41. The quantitative estimate of drug-likeness (QED) is 0.814. The molecule has 0 saturated carbocycles. The minimum Gasteiger partial charge on any atom is -0.481 e. The fourth-order valence-electron chi connectivity index (χ4n) is 1.26. The van der Waals surface area contributed by atoms with Gasteiger partial charge >= 0.3 is 5.97 Å². The second-order valence-corrected chi connectivity index (χ2v) is 2.88. The van der Waals surface area contributed by atoms with Gasteiger partial charge in [-0.25, -0.2) is 18.6 Å². The van der Waals surface area contributed by atoms with E-state index in [0.717, 1.165) is 6.07 Å². The highest BCUT2D eigenvalue weighted by atomic mass is 19.3. The Labute approximate surface area is 89.9 Å². The predicted molar refractivity (Wildman–Crippen MR) is 50.6 cm³/mol. The molecule has 0 fully saturated rings. The largest absolute Gasteiger partial charge is 0.481 e. The van der Waals surface area contributed by atoms with Crippen LogP contribution in [0.15, 0.2) is 6.07 Å². The van der Waals surface area contributed by atoms with Gasteiger partial charge in [-0.1, -0.05) is 0 Å². The van der Waals surface area contributed by atoms with Gasteiger partial charge in [0.15, 0.2) is 0 Å². The van der Waals surface area contributed by atoms with Crippen molar-refractivity contribution >= 4 is 5.97 Å². The maximum atomic E-state index is 12.7. The molecular weight excluding hydrogens is 222 g/mol. The summed E-state index contributed by atoms with van der Waals surface area (Å²) >= 11 is 0. The molecule has 0 atom stereocenters. The Morgan fingerprint density at radius 2 is 2.31 bits per heavy atom. The van der Waals surface area contributed by atoms with Crippen molar-refractivity contribution in [3.8, 4) is 5.88 Å². The summed E-state index contributed by atoms with van der Waals surface area (Å²) in [4.78, 5) is 14.5. The summed E-state index contributed by atoms with van der Waals surface area (Å²) in [6.45, 7) is -0.281. The molecule has 0 aliphatic rings. The number of pyridine rings is 1. The number of carbonyl (C=O) groups is 1. The molecule has 1 aromatic rings. The molecule has 5 nitrogen and oxygen atoms in total. The normalized spacial score (nSPS) is 10.6. The van der Waals surface area contributed by atoms with Crippen molar-refractivity contribution in [3.05, 3.63) is 22.9 Å². The molecule has 0 saturated heterocycles. The summed E-state index contributed by atoms with van der Waals surface area (Å²) in [6, 6.07) is 0.947. The lowest BCUT2D eigenvalue weighted by Crippen LogP contribution is -2.12. The van der Waals surface area contributed by atoms with Crippen LogP contribution in [0.5, 0.6) is 5.88 Å². The molecule has 0 aromatic carbocycles. The first-order chi connectivity index (χ1) is 7.51. The Bertz CT molecular complexity index is 410. The number of ether oxygens (including phenoxy) is 1. The van der Waals surface area contributed by atoms with E-state index in [2.05, 4.69) is 4.98 Å². The molecule has 0 unspecified atom stereocenters. The van der Waals surface area contributed by atoms with Crippen LogP contribution in [0, 0.1) is 0 Å². The van der Waals surface area contributed by atoms with Gasteiger partial charge in [0.2, 0.25) is 5.88 Å². The average Bonchev–Trinajstić information content (AvgIpc) is 2.26. The first-order valence-electron chi connectivity index (χ1n) is 4.30. The predicted octanol–water partition coefficient (Wildman–Crippen LogP) is 1.18. The molecule has 0 amide bonds. The number of carboxylic acids is 1. The topological polar surface area (TPSA) is 85.4 Å². The summed E-state index contributed by atoms with van der Waals surface area (Å²) in [5.74, 6) is -1.52. The number of hydrogen-bond donors (Lipinski definition) is 2. The summed E-state index contributed by atoms with van der Waals surface area (Å²) in [6.07, 6.45) is -2.94. The van der Waals surface area contributed by atoms with E-state index in [9.17, 15) is 13.6 Å². The van der Waals surface area contributed by atoms with Gasteiger partial charge in [0.05, 0.1) is 23.9 Å². The molecule has 3 N–H and O–H groups in total. The van der Waals surface area contributed by atoms with E-state index in [1.54, 1.807) is 0 Å². The smallest absolute Gasteiger partial charge is 0.336 e. The van der Waals surface area contributed by atoms with Gasteiger partial charge in [-0.05, 0) is 0 Å². The van der Waals surface area contributed by atoms with Gasteiger partial charge in [-0.2, -0.15) is 0 Å². The van der Waals surface area contributed by atoms with E-state index in [1.165, 1.54) is 7.11 Å². The molecule has 88 valence electrons. The number of hydrogen-bond acceptors (Lipinski definition) is 4. The number of rotatable bonds is 4. The third-order valence-corrected chi connectivity index (χ3v) is 1.97. The van der Waals surface area contributed by atoms with Crippen molar-refractivity contribution in [2.75, 3.05) is 7.11 Å². The van der Waals surface area contributed by atoms with Crippen molar-refractivity contribution in [1.29, 1.82) is 0 Å². The van der Waals surface area contributed by atoms with Crippen LogP contribution in [-0.4, -0.2) is 23.2 Å². The monoisotopic (exact) mass is 232 g/mol. The van der Waals surface area contributed by atoms with Gasteiger partial charge in [-0.15, -0.1) is 0 Å².